The molecule has 0 fully saturated rings. The molecule has 15 heavy (non-hydrogen) atoms. The lowest BCUT2D eigenvalue weighted by Crippen LogP contribution is -1.84. The smallest absolute Gasteiger partial charge is 0.174 e. The highest BCUT2D eigenvalue weighted by atomic mass is 14.9. The predicted molar refractivity (Wildman–Crippen MR) is 58.2 cm³/mol. The Balaban J connectivity index is 2.22. The van der Waals surface area contributed by atoms with Crippen LogP contribution in [0.4, 0.5) is 0 Å². The van der Waals surface area contributed by atoms with Crippen molar-refractivity contribution in [2.75, 3.05) is 0 Å². The molecule has 1 radical (unpaired) electrons. The molecule has 0 saturated heterocycles. The maximum atomic E-state index is 4.52. The number of pyridine rings is 1. The zero-order chi connectivity index (χ0) is 10.1. The van der Waals surface area contributed by atoms with E-state index in [4.69, 9.17) is 0 Å². The van der Waals surface area contributed by atoms with Crippen molar-refractivity contribution in [1.29, 1.82) is 0 Å². The summed E-state index contributed by atoms with van der Waals surface area (Å²) in [4.78, 5) is 11.4. The van der Waals surface area contributed by atoms with E-state index in [2.05, 4.69) is 21.3 Å². The zero-order valence-corrected chi connectivity index (χ0v) is 7.94. The van der Waals surface area contributed by atoms with Crippen molar-refractivity contribution in [2.24, 2.45) is 0 Å². The van der Waals surface area contributed by atoms with Crippen LogP contribution in [0, 0.1) is 6.33 Å². The number of aromatic nitrogens is 3. The van der Waals surface area contributed by atoms with Gasteiger partial charge in [-0.1, -0.05) is 24.3 Å². The van der Waals surface area contributed by atoms with Crippen LogP contribution in [0.1, 0.15) is 0 Å². The lowest BCUT2D eigenvalue weighted by Gasteiger charge is -1.99. The van der Waals surface area contributed by atoms with Crippen LogP contribution in [0.5, 0.6) is 0 Å². The van der Waals surface area contributed by atoms with Crippen molar-refractivity contribution in [3.05, 3.63) is 48.9 Å². The fourth-order valence-electron chi connectivity index (χ4n) is 1.57. The molecule has 2 aromatic heterocycles. The number of fused-ring (bicyclic) bond motifs is 1. The van der Waals surface area contributed by atoms with Gasteiger partial charge in [0.15, 0.2) is 6.33 Å². The Morgan fingerprint density at radius 2 is 1.93 bits per heavy atom. The third-order valence-corrected chi connectivity index (χ3v) is 2.31. The highest BCUT2D eigenvalue weighted by molar-refractivity contribution is 5.80. The van der Waals surface area contributed by atoms with Gasteiger partial charge in [0.25, 0.3) is 0 Å². The van der Waals surface area contributed by atoms with Crippen molar-refractivity contribution in [3.63, 3.8) is 0 Å². The highest BCUT2D eigenvalue weighted by Gasteiger charge is 2.02. The standard InChI is InChI=1S/C12H8N3/c1-2-4-10-9(3-1)5-6-11(15-10)12-7-13-8-14-12/h1-7H,(H,13,14). The van der Waals surface area contributed by atoms with Crippen LogP contribution in [0.3, 0.4) is 0 Å². The number of para-hydroxylation sites is 1. The van der Waals surface area contributed by atoms with Crippen LogP contribution in [-0.2, 0) is 0 Å². The van der Waals surface area contributed by atoms with Crippen molar-refractivity contribution in [3.8, 4) is 11.4 Å². The van der Waals surface area contributed by atoms with E-state index in [1.165, 1.54) is 0 Å². The number of hydrogen-bond acceptors (Lipinski definition) is 2. The molecule has 0 bridgehead atoms. The molecule has 0 aliphatic rings. The van der Waals surface area contributed by atoms with E-state index in [1.54, 1.807) is 6.20 Å². The molecular weight excluding hydrogens is 186 g/mol. The van der Waals surface area contributed by atoms with Gasteiger partial charge in [0.2, 0.25) is 0 Å². The molecular formula is C12H8N3. The molecule has 3 nitrogen and oxygen atoms in total. The largest absolute Gasteiger partial charge is 0.341 e. The maximum absolute atomic E-state index is 4.52. The summed E-state index contributed by atoms with van der Waals surface area (Å²) in [5.74, 6) is 0. The molecule has 1 N–H and O–H groups in total. The lowest BCUT2D eigenvalue weighted by atomic mass is 10.2. The first kappa shape index (κ1) is 8.17. The van der Waals surface area contributed by atoms with Gasteiger partial charge in [0, 0.05) is 11.6 Å². The molecule has 0 unspecified atom stereocenters. The topological polar surface area (TPSA) is 41.6 Å². The second-order valence-corrected chi connectivity index (χ2v) is 3.29. The number of aromatic amines is 1. The summed E-state index contributed by atoms with van der Waals surface area (Å²) >= 11 is 0. The van der Waals surface area contributed by atoms with Crippen molar-refractivity contribution < 1.29 is 0 Å². The quantitative estimate of drug-likeness (QED) is 0.646. The van der Waals surface area contributed by atoms with Crippen molar-refractivity contribution in [1.82, 2.24) is 15.0 Å². The molecule has 0 aliphatic carbocycles. The van der Waals surface area contributed by atoms with E-state index < -0.39 is 0 Å². The third-order valence-electron chi connectivity index (χ3n) is 2.31. The SMILES string of the molecule is [c]1nc(-c2ccc3ccccc3n2)c[nH]1. The predicted octanol–water partition coefficient (Wildman–Crippen LogP) is 2.43. The normalized spacial score (nSPS) is 10.7. The minimum atomic E-state index is 0.820. The molecule has 0 amide bonds. The minimum Gasteiger partial charge on any atom is -0.341 e. The van der Waals surface area contributed by atoms with Crippen molar-refractivity contribution >= 4 is 10.9 Å². The monoisotopic (exact) mass is 194 g/mol. The summed E-state index contributed by atoms with van der Waals surface area (Å²) < 4.78 is 0. The molecule has 71 valence electrons. The molecule has 0 spiro atoms. The average Bonchev–Trinajstić information content (AvgIpc) is 2.82. The maximum Gasteiger partial charge on any atom is 0.174 e. The molecule has 0 aliphatic heterocycles. The summed E-state index contributed by atoms with van der Waals surface area (Å²) in [7, 11) is 0. The number of hydrogen-bond donors (Lipinski definition) is 1. The first-order chi connectivity index (χ1) is 7.43. The number of nitrogens with one attached hydrogen (secondary N) is 1. The van der Waals surface area contributed by atoms with E-state index in [9.17, 15) is 0 Å². The van der Waals surface area contributed by atoms with E-state index in [0.717, 1.165) is 22.3 Å². The van der Waals surface area contributed by atoms with Crippen molar-refractivity contribution in [2.45, 2.75) is 0 Å². The highest BCUT2D eigenvalue weighted by Crippen LogP contribution is 2.18. The fourth-order valence-corrected chi connectivity index (χ4v) is 1.57. The van der Waals surface area contributed by atoms with E-state index in [1.807, 2.05) is 36.4 Å². The Labute approximate surface area is 86.8 Å². The van der Waals surface area contributed by atoms with Crippen LogP contribution >= 0.6 is 0 Å². The molecule has 0 saturated carbocycles. The van der Waals surface area contributed by atoms with Gasteiger partial charge in [0.1, 0.15) is 5.69 Å². The number of imidazole rings is 1. The van der Waals surface area contributed by atoms with Gasteiger partial charge in [-0.3, -0.25) is 0 Å². The van der Waals surface area contributed by atoms with Gasteiger partial charge in [-0.15, -0.1) is 0 Å². The fraction of sp³-hybridized carbons (Fsp3) is 0. The van der Waals surface area contributed by atoms with E-state index >= 15 is 0 Å². The molecule has 3 heteroatoms. The number of rotatable bonds is 1. The van der Waals surface area contributed by atoms with Crippen LogP contribution in [-0.4, -0.2) is 15.0 Å². The van der Waals surface area contributed by atoms with Gasteiger partial charge in [-0.2, -0.15) is 0 Å². The van der Waals surface area contributed by atoms with Crippen LogP contribution in [0.2, 0.25) is 0 Å². The summed E-state index contributed by atoms with van der Waals surface area (Å²) in [6.07, 6.45) is 4.45. The average molecular weight is 194 g/mol. The Kier molecular flexibility index (Phi) is 1.75. The number of nitrogens with zero attached hydrogens (tertiary/aromatic N) is 2. The third kappa shape index (κ3) is 1.38. The summed E-state index contributed by atoms with van der Waals surface area (Å²) in [5.41, 5.74) is 2.67. The second kappa shape index (κ2) is 3.20. The zero-order valence-electron chi connectivity index (χ0n) is 7.94. The summed E-state index contributed by atoms with van der Waals surface area (Å²) in [5, 5.41) is 1.14. The Bertz CT molecular complexity index is 585. The Morgan fingerprint density at radius 1 is 1.00 bits per heavy atom. The first-order valence-corrected chi connectivity index (χ1v) is 4.71. The molecule has 3 rings (SSSR count). The molecule has 1 aromatic carbocycles. The molecule has 0 atom stereocenters. The summed E-state index contributed by atoms with van der Waals surface area (Å²) in [6.45, 7) is 0. The van der Waals surface area contributed by atoms with Gasteiger partial charge >= 0.3 is 0 Å². The Morgan fingerprint density at radius 3 is 2.80 bits per heavy atom. The van der Waals surface area contributed by atoms with Gasteiger partial charge < -0.3 is 4.98 Å². The number of H-pyrrole nitrogens is 1. The lowest BCUT2D eigenvalue weighted by molar-refractivity contribution is 1.28. The second-order valence-electron chi connectivity index (χ2n) is 3.29. The van der Waals surface area contributed by atoms with E-state index in [0.29, 0.717) is 0 Å². The van der Waals surface area contributed by atoms with Crippen LogP contribution < -0.4 is 0 Å². The van der Waals surface area contributed by atoms with Gasteiger partial charge in [-0.05, 0) is 12.1 Å². The first-order valence-electron chi connectivity index (χ1n) is 4.71. The Hall–Kier alpha value is -2.16. The van der Waals surface area contributed by atoms with Gasteiger partial charge in [0.05, 0.1) is 11.2 Å². The van der Waals surface area contributed by atoms with Crippen LogP contribution in [0.15, 0.2) is 42.6 Å². The summed E-state index contributed by atoms with van der Waals surface area (Å²) in [6, 6.07) is 12.0. The van der Waals surface area contributed by atoms with Gasteiger partial charge in [-0.25, -0.2) is 9.97 Å². The molecule has 2 heterocycles. The number of benzene rings is 1. The molecule has 3 aromatic rings. The van der Waals surface area contributed by atoms with Crippen LogP contribution in [0.25, 0.3) is 22.3 Å². The minimum absolute atomic E-state index is 0.820. The van der Waals surface area contributed by atoms with E-state index in [-0.39, 0.29) is 0 Å².